The maximum atomic E-state index is 11.7. The first-order valence-corrected chi connectivity index (χ1v) is 9.00. The quantitative estimate of drug-likeness (QED) is 0.173. The second-order valence-corrected chi connectivity index (χ2v) is 6.72. The molecule has 1 fully saturated rings. The van der Waals surface area contributed by atoms with E-state index >= 15 is 0 Å². The van der Waals surface area contributed by atoms with Crippen molar-refractivity contribution in [2.24, 2.45) is 0 Å². The van der Waals surface area contributed by atoms with Gasteiger partial charge in [-0.3, -0.25) is 19.2 Å². The molecular formula is C17H25NO13. The van der Waals surface area contributed by atoms with Crippen LogP contribution in [0.1, 0.15) is 27.2 Å². The standard InChI is InChI=1S/C17H25NO13/c1-7(20)28-6-11(29-8(2)21)14(30-9(3)22)15-13(18-12(24)5-19)10(23)4-17(27,31-15)16(25)26/h10-11,13-15,19,23,27H,4-6H2,1-3H3,(H,18,24)(H,25,26)/t10-,11+,13+,14+,15+,17?/m0/s1. The summed E-state index contributed by atoms with van der Waals surface area (Å²) in [4.78, 5) is 57.6. The number of aliphatic hydroxyl groups excluding tert-OH is 2. The largest absolute Gasteiger partial charge is 0.477 e. The van der Waals surface area contributed by atoms with Gasteiger partial charge in [-0.15, -0.1) is 0 Å². The molecule has 6 atom stereocenters. The molecule has 1 amide bonds. The number of carboxylic acid groups (broad SMARTS) is 1. The topological polar surface area (TPSA) is 215 Å². The number of amides is 1. The summed E-state index contributed by atoms with van der Waals surface area (Å²) in [6, 6.07) is -1.53. The number of hydrogen-bond donors (Lipinski definition) is 5. The highest BCUT2D eigenvalue weighted by molar-refractivity contribution is 5.78. The van der Waals surface area contributed by atoms with Gasteiger partial charge in [0.1, 0.15) is 19.3 Å². The van der Waals surface area contributed by atoms with E-state index in [1.54, 1.807) is 0 Å². The van der Waals surface area contributed by atoms with Crippen molar-refractivity contribution in [1.82, 2.24) is 5.32 Å². The van der Waals surface area contributed by atoms with Crippen LogP contribution in [0.15, 0.2) is 0 Å². The Balaban J connectivity index is 3.46. The summed E-state index contributed by atoms with van der Waals surface area (Å²) in [6.45, 7) is 1.29. The molecule has 0 aromatic heterocycles. The van der Waals surface area contributed by atoms with Gasteiger partial charge in [0.25, 0.3) is 5.79 Å². The zero-order chi connectivity index (χ0) is 23.9. The predicted molar refractivity (Wildman–Crippen MR) is 94.8 cm³/mol. The van der Waals surface area contributed by atoms with E-state index in [1.807, 2.05) is 0 Å². The SMILES string of the molecule is CC(=O)OC[C@@H](OC(C)=O)[C@@H](OC(C)=O)[C@@H]1OC(O)(C(=O)O)C[C@H](O)[C@H]1NC(=O)CO. The van der Waals surface area contributed by atoms with Crippen LogP contribution in [-0.4, -0.2) is 99.7 Å². The van der Waals surface area contributed by atoms with Crippen LogP contribution >= 0.6 is 0 Å². The lowest BCUT2D eigenvalue weighted by molar-refractivity contribution is -0.297. The molecule has 31 heavy (non-hydrogen) atoms. The van der Waals surface area contributed by atoms with E-state index in [1.165, 1.54) is 0 Å². The molecule has 0 aromatic rings. The first-order chi connectivity index (χ1) is 14.3. The van der Waals surface area contributed by atoms with Crippen molar-refractivity contribution in [1.29, 1.82) is 0 Å². The maximum Gasteiger partial charge on any atom is 0.364 e. The van der Waals surface area contributed by atoms with Crippen LogP contribution < -0.4 is 5.32 Å². The molecule has 0 spiro atoms. The van der Waals surface area contributed by atoms with E-state index in [0.29, 0.717) is 0 Å². The third-order valence-electron chi connectivity index (χ3n) is 4.15. The van der Waals surface area contributed by atoms with Crippen LogP contribution in [0.2, 0.25) is 0 Å². The molecule has 14 nitrogen and oxygen atoms in total. The van der Waals surface area contributed by atoms with Gasteiger partial charge in [-0.1, -0.05) is 0 Å². The number of esters is 3. The van der Waals surface area contributed by atoms with Gasteiger partial charge in [-0.25, -0.2) is 4.79 Å². The number of carbonyl (C=O) groups excluding carboxylic acids is 4. The normalized spacial score (nSPS) is 27.4. The minimum atomic E-state index is -2.97. The molecule has 1 saturated heterocycles. The van der Waals surface area contributed by atoms with E-state index in [0.717, 1.165) is 20.8 Å². The molecule has 1 unspecified atom stereocenters. The Bertz CT molecular complexity index is 710. The van der Waals surface area contributed by atoms with Gasteiger partial charge < -0.3 is 44.7 Å². The number of hydrogen-bond acceptors (Lipinski definition) is 12. The fourth-order valence-corrected chi connectivity index (χ4v) is 2.95. The summed E-state index contributed by atoms with van der Waals surface area (Å²) in [6.07, 6.45) is -7.81. The fourth-order valence-electron chi connectivity index (χ4n) is 2.95. The number of aliphatic carboxylic acids is 1. The molecule has 176 valence electrons. The Morgan fingerprint density at radius 2 is 1.68 bits per heavy atom. The zero-order valence-corrected chi connectivity index (χ0v) is 17.0. The van der Waals surface area contributed by atoms with Crippen LogP contribution in [0, 0.1) is 0 Å². The molecule has 0 aromatic carbocycles. The van der Waals surface area contributed by atoms with Crippen molar-refractivity contribution in [2.75, 3.05) is 13.2 Å². The van der Waals surface area contributed by atoms with Crippen molar-refractivity contribution >= 4 is 29.8 Å². The molecule has 0 radical (unpaired) electrons. The summed E-state index contributed by atoms with van der Waals surface area (Å²) >= 11 is 0. The molecule has 14 heteroatoms. The van der Waals surface area contributed by atoms with Gasteiger partial charge in [0.15, 0.2) is 12.2 Å². The average Bonchev–Trinajstić information content (AvgIpc) is 2.64. The number of carboxylic acids is 1. The van der Waals surface area contributed by atoms with Crippen molar-refractivity contribution in [2.45, 2.75) is 63.4 Å². The fraction of sp³-hybridized carbons (Fsp3) is 0.706. The van der Waals surface area contributed by atoms with Crippen molar-refractivity contribution < 1.29 is 63.3 Å². The number of nitrogens with one attached hydrogen (secondary N) is 1. The highest BCUT2D eigenvalue weighted by atomic mass is 16.7. The van der Waals surface area contributed by atoms with Crippen LogP contribution in [0.3, 0.4) is 0 Å². The van der Waals surface area contributed by atoms with E-state index in [-0.39, 0.29) is 0 Å². The Labute approximate surface area is 176 Å². The Morgan fingerprint density at radius 3 is 2.13 bits per heavy atom. The lowest BCUT2D eigenvalue weighted by Gasteiger charge is -2.45. The summed E-state index contributed by atoms with van der Waals surface area (Å²) in [5.41, 5.74) is 0. The summed E-state index contributed by atoms with van der Waals surface area (Å²) in [5.74, 6) is -8.55. The molecule has 5 N–H and O–H groups in total. The lowest BCUT2D eigenvalue weighted by Crippen LogP contribution is -2.68. The van der Waals surface area contributed by atoms with E-state index in [9.17, 15) is 39.3 Å². The minimum Gasteiger partial charge on any atom is -0.477 e. The summed E-state index contributed by atoms with van der Waals surface area (Å²) in [5, 5.41) is 41.1. The molecule has 1 aliphatic rings. The molecule has 1 aliphatic heterocycles. The number of aliphatic hydroxyl groups is 3. The third kappa shape index (κ3) is 7.43. The van der Waals surface area contributed by atoms with Crippen molar-refractivity contribution in [3.63, 3.8) is 0 Å². The van der Waals surface area contributed by atoms with Crippen molar-refractivity contribution in [3.05, 3.63) is 0 Å². The van der Waals surface area contributed by atoms with E-state index in [4.69, 9.17) is 24.1 Å². The highest BCUT2D eigenvalue weighted by Gasteiger charge is 2.56. The van der Waals surface area contributed by atoms with E-state index < -0.39 is 85.7 Å². The van der Waals surface area contributed by atoms with Gasteiger partial charge in [0.2, 0.25) is 5.91 Å². The van der Waals surface area contributed by atoms with Gasteiger partial charge in [0.05, 0.1) is 12.1 Å². The molecular weight excluding hydrogens is 426 g/mol. The zero-order valence-electron chi connectivity index (χ0n) is 17.0. The predicted octanol–water partition coefficient (Wildman–Crippen LogP) is -3.19. The molecule has 0 saturated carbocycles. The number of ether oxygens (including phenoxy) is 4. The lowest BCUT2D eigenvalue weighted by atomic mass is 9.88. The molecule has 1 heterocycles. The van der Waals surface area contributed by atoms with Crippen molar-refractivity contribution in [3.8, 4) is 0 Å². The first-order valence-electron chi connectivity index (χ1n) is 9.00. The second-order valence-electron chi connectivity index (χ2n) is 6.72. The van der Waals surface area contributed by atoms with Crippen LogP contribution in [0.4, 0.5) is 0 Å². The molecule has 0 aliphatic carbocycles. The monoisotopic (exact) mass is 451 g/mol. The smallest absolute Gasteiger partial charge is 0.364 e. The van der Waals surface area contributed by atoms with Gasteiger partial charge in [-0.2, -0.15) is 0 Å². The third-order valence-corrected chi connectivity index (χ3v) is 4.15. The Hall–Kier alpha value is -2.81. The summed E-state index contributed by atoms with van der Waals surface area (Å²) < 4.78 is 20.1. The Kier molecular flexibility index (Phi) is 9.30. The maximum absolute atomic E-state index is 11.7. The minimum absolute atomic E-state index is 0.672. The van der Waals surface area contributed by atoms with Gasteiger partial charge >= 0.3 is 23.9 Å². The molecule has 0 bridgehead atoms. The van der Waals surface area contributed by atoms with E-state index in [2.05, 4.69) is 5.32 Å². The number of carbonyl (C=O) groups is 5. The Morgan fingerprint density at radius 1 is 1.10 bits per heavy atom. The highest BCUT2D eigenvalue weighted by Crippen LogP contribution is 2.32. The van der Waals surface area contributed by atoms with Crippen LogP contribution in [0.25, 0.3) is 0 Å². The summed E-state index contributed by atoms with van der Waals surface area (Å²) in [7, 11) is 0. The van der Waals surface area contributed by atoms with Gasteiger partial charge in [0, 0.05) is 27.2 Å². The second kappa shape index (κ2) is 11.0. The number of rotatable bonds is 9. The van der Waals surface area contributed by atoms with Crippen LogP contribution in [0.5, 0.6) is 0 Å². The average molecular weight is 451 g/mol. The van der Waals surface area contributed by atoms with Gasteiger partial charge in [-0.05, 0) is 0 Å². The molecule has 1 rings (SSSR count). The first kappa shape index (κ1) is 26.2. The van der Waals surface area contributed by atoms with Crippen LogP contribution in [-0.2, 0) is 42.9 Å².